The Labute approximate surface area is 114 Å². The first kappa shape index (κ1) is 13.6. The Hall–Kier alpha value is -0.850. The summed E-state index contributed by atoms with van der Waals surface area (Å²) in [5.74, 6) is -0.348. The van der Waals surface area contributed by atoms with Gasteiger partial charge in [0.15, 0.2) is 0 Å². The highest BCUT2D eigenvalue weighted by molar-refractivity contribution is 9.10. The first-order valence-corrected chi connectivity index (χ1v) is 6.56. The molecule has 0 spiro atoms. The molecule has 100 valence electrons. The van der Waals surface area contributed by atoms with Gasteiger partial charge in [0.2, 0.25) is 0 Å². The molecule has 18 heavy (non-hydrogen) atoms. The lowest BCUT2D eigenvalue weighted by atomic mass is 10.1. The quantitative estimate of drug-likeness (QED) is 0.816. The summed E-state index contributed by atoms with van der Waals surface area (Å²) in [7, 11) is 0. The number of nitrogen functional groups attached to an aromatic ring is 1. The third kappa shape index (κ3) is 2.76. The minimum absolute atomic E-state index is 0.0259. The molecule has 2 atom stereocenters. The third-order valence-electron chi connectivity index (χ3n) is 2.94. The van der Waals surface area contributed by atoms with Gasteiger partial charge in [-0.1, -0.05) is 0 Å². The van der Waals surface area contributed by atoms with E-state index in [1.165, 1.54) is 6.07 Å². The van der Waals surface area contributed by atoms with Gasteiger partial charge >= 0.3 is 0 Å². The Bertz CT molecular complexity index is 444. The Morgan fingerprint density at radius 2 is 2.28 bits per heavy atom. The predicted octanol–water partition coefficient (Wildman–Crippen LogP) is 1.76. The van der Waals surface area contributed by atoms with Crippen LogP contribution in [0.2, 0.25) is 0 Å². The SMILES string of the molecule is CC1CN(c2cc(F)c(Br)cc2N)CC(CO)O1. The van der Waals surface area contributed by atoms with Crippen molar-refractivity contribution in [1.29, 1.82) is 0 Å². The molecule has 3 N–H and O–H groups in total. The van der Waals surface area contributed by atoms with Crippen molar-refractivity contribution in [2.24, 2.45) is 0 Å². The molecule has 0 aromatic heterocycles. The van der Waals surface area contributed by atoms with E-state index in [-0.39, 0.29) is 24.6 Å². The zero-order valence-electron chi connectivity index (χ0n) is 10.1. The fourth-order valence-electron chi connectivity index (χ4n) is 2.17. The van der Waals surface area contributed by atoms with Crippen LogP contribution in [0.5, 0.6) is 0 Å². The van der Waals surface area contributed by atoms with Crippen molar-refractivity contribution in [3.8, 4) is 0 Å². The summed E-state index contributed by atoms with van der Waals surface area (Å²) in [6.45, 7) is 2.99. The number of halogens is 2. The van der Waals surface area contributed by atoms with Crippen LogP contribution in [0.3, 0.4) is 0 Å². The molecule has 2 unspecified atom stereocenters. The fourth-order valence-corrected chi connectivity index (χ4v) is 2.53. The van der Waals surface area contributed by atoms with Gasteiger partial charge in [-0.2, -0.15) is 0 Å². The van der Waals surface area contributed by atoms with E-state index in [1.54, 1.807) is 6.07 Å². The van der Waals surface area contributed by atoms with Crippen LogP contribution in [0, 0.1) is 5.82 Å². The number of morpholine rings is 1. The number of aliphatic hydroxyl groups excluding tert-OH is 1. The molecule has 1 fully saturated rings. The van der Waals surface area contributed by atoms with Gasteiger partial charge in [0.05, 0.1) is 34.7 Å². The summed E-state index contributed by atoms with van der Waals surface area (Å²) in [6, 6.07) is 2.96. The second kappa shape index (κ2) is 5.42. The van der Waals surface area contributed by atoms with Crippen LogP contribution in [0.15, 0.2) is 16.6 Å². The lowest BCUT2D eigenvalue weighted by Crippen LogP contribution is -2.48. The maximum atomic E-state index is 13.6. The molecule has 1 aliphatic heterocycles. The van der Waals surface area contributed by atoms with Crippen LogP contribution in [0.4, 0.5) is 15.8 Å². The average molecular weight is 319 g/mol. The molecular weight excluding hydrogens is 303 g/mol. The van der Waals surface area contributed by atoms with Crippen molar-refractivity contribution < 1.29 is 14.2 Å². The number of nitrogens with zero attached hydrogens (tertiary/aromatic N) is 1. The summed E-state index contributed by atoms with van der Waals surface area (Å²) in [5, 5.41) is 9.18. The van der Waals surface area contributed by atoms with Gasteiger partial charge in [0, 0.05) is 19.2 Å². The number of anilines is 2. The van der Waals surface area contributed by atoms with E-state index >= 15 is 0 Å². The Kier molecular flexibility index (Phi) is 4.09. The van der Waals surface area contributed by atoms with Crippen molar-refractivity contribution in [3.05, 3.63) is 22.4 Å². The summed E-state index contributed by atoms with van der Waals surface area (Å²) >= 11 is 3.10. The van der Waals surface area contributed by atoms with Gasteiger partial charge in [-0.15, -0.1) is 0 Å². The summed E-state index contributed by atoms with van der Waals surface area (Å²) in [5.41, 5.74) is 7.06. The highest BCUT2D eigenvalue weighted by Gasteiger charge is 2.26. The molecule has 1 aliphatic rings. The number of nitrogens with two attached hydrogens (primary N) is 1. The number of rotatable bonds is 2. The predicted molar refractivity (Wildman–Crippen MR) is 72.1 cm³/mol. The van der Waals surface area contributed by atoms with Crippen LogP contribution < -0.4 is 10.6 Å². The van der Waals surface area contributed by atoms with E-state index in [2.05, 4.69) is 15.9 Å². The van der Waals surface area contributed by atoms with Crippen molar-refractivity contribution in [2.75, 3.05) is 30.3 Å². The third-order valence-corrected chi connectivity index (χ3v) is 3.55. The van der Waals surface area contributed by atoms with Crippen molar-refractivity contribution in [1.82, 2.24) is 0 Å². The number of ether oxygens (including phenoxy) is 1. The van der Waals surface area contributed by atoms with Gasteiger partial charge in [0.1, 0.15) is 5.82 Å². The van der Waals surface area contributed by atoms with Crippen LogP contribution in [-0.2, 0) is 4.74 Å². The largest absolute Gasteiger partial charge is 0.397 e. The Morgan fingerprint density at radius 3 is 2.94 bits per heavy atom. The number of benzene rings is 1. The van der Waals surface area contributed by atoms with Crippen LogP contribution in [0.25, 0.3) is 0 Å². The highest BCUT2D eigenvalue weighted by atomic mass is 79.9. The molecule has 0 bridgehead atoms. The average Bonchev–Trinajstić information content (AvgIpc) is 2.33. The molecule has 1 saturated heterocycles. The topological polar surface area (TPSA) is 58.7 Å². The van der Waals surface area contributed by atoms with E-state index in [4.69, 9.17) is 10.5 Å². The summed E-state index contributed by atoms with van der Waals surface area (Å²) < 4.78 is 19.5. The maximum absolute atomic E-state index is 13.6. The minimum atomic E-state index is -0.348. The van der Waals surface area contributed by atoms with Crippen molar-refractivity contribution >= 4 is 27.3 Å². The molecule has 4 nitrogen and oxygen atoms in total. The molecule has 0 saturated carbocycles. The molecule has 1 aromatic carbocycles. The van der Waals surface area contributed by atoms with E-state index in [9.17, 15) is 9.50 Å². The van der Waals surface area contributed by atoms with Crippen molar-refractivity contribution in [2.45, 2.75) is 19.1 Å². The van der Waals surface area contributed by atoms with Gasteiger partial charge in [-0.05, 0) is 28.9 Å². The Morgan fingerprint density at radius 1 is 1.56 bits per heavy atom. The lowest BCUT2D eigenvalue weighted by Gasteiger charge is -2.38. The maximum Gasteiger partial charge on any atom is 0.139 e. The number of aliphatic hydroxyl groups is 1. The molecular formula is C12H16BrFN2O2. The second-order valence-electron chi connectivity index (χ2n) is 4.48. The highest BCUT2D eigenvalue weighted by Crippen LogP contribution is 2.31. The molecule has 0 amide bonds. The minimum Gasteiger partial charge on any atom is -0.397 e. The second-order valence-corrected chi connectivity index (χ2v) is 5.34. The Balaban J connectivity index is 2.27. The van der Waals surface area contributed by atoms with E-state index in [0.29, 0.717) is 28.9 Å². The van der Waals surface area contributed by atoms with Crippen LogP contribution in [0.1, 0.15) is 6.92 Å². The smallest absolute Gasteiger partial charge is 0.139 e. The number of hydrogen-bond acceptors (Lipinski definition) is 4. The van der Waals surface area contributed by atoms with Crippen molar-refractivity contribution in [3.63, 3.8) is 0 Å². The van der Waals surface area contributed by atoms with Gasteiger partial charge < -0.3 is 20.5 Å². The van der Waals surface area contributed by atoms with E-state index in [1.807, 2.05) is 11.8 Å². The zero-order chi connectivity index (χ0) is 13.3. The lowest BCUT2D eigenvalue weighted by molar-refractivity contribution is -0.0420. The van der Waals surface area contributed by atoms with E-state index < -0.39 is 0 Å². The molecule has 0 radical (unpaired) electrons. The normalized spacial score (nSPS) is 24.3. The van der Waals surface area contributed by atoms with Gasteiger partial charge in [-0.25, -0.2) is 4.39 Å². The molecule has 2 rings (SSSR count). The summed E-state index contributed by atoms with van der Waals surface area (Å²) in [6.07, 6.45) is -0.290. The van der Waals surface area contributed by atoms with Crippen LogP contribution >= 0.6 is 15.9 Å². The summed E-state index contributed by atoms with van der Waals surface area (Å²) in [4.78, 5) is 1.94. The molecule has 1 aromatic rings. The van der Waals surface area contributed by atoms with Gasteiger partial charge in [0.25, 0.3) is 0 Å². The monoisotopic (exact) mass is 318 g/mol. The molecule has 1 heterocycles. The number of hydrogen-bond donors (Lipinski definition) is 2. The standard InChI is InChI=1S/C12H16BrFN2O2/c1-7-4-16(5-8(6-17)18-7)12-3-10(14)9(13)2-11(12)15/h2-3,7-8,17H,4-6,15H2,1H3. The van der Waals surface area contributed by atoms with E-state index in [0.717, 1.165) is 0 Å². The fraction of sp³-hybridized carbons (Fsp3) is 0.500. The first-order valence-electron chi connectivity index (χ1n) is 5.77. The first-order chi connectivity index (χ1) is 8.51. The molecule has 6 heteroatoms. The van der Waals surface area contributed by atoms with Crippen LogP contribution in [-0.4, -0.2) is 37.0 Å². The molecule has 0 aliphatic carbocycles. The van der Waals surface area contributed by atoms with Gasteiger partial charge in [-0.3, -0.25) is 0 Å². The zero-order valence-corrected chi connectivity index (χ0v) is 11.7.